The summed E-state index contributed by atoms with van der Waals surface area (Å²) in [5.74, 6) is 0.349. The molecule has 0 bridgehead atoms. The quantitative estimate of drug-likeness (QED) is 0.550. The van der Waals surface area contributed by atoms with Crippen molar-refractivity contribution in [3.8, 4) is 11.6 Å². The fourth-order valence-electron chi connectivity index (χ4n) is 2.11. The third-order valence-corrected chi connectivity index (χ3v) is 3.79. The van der Waals surface area contributed by atoms with Gasteiger partial charge in [0.2, 0.25) is 5.88 Å². The normalized spacial score (nSPS) is 11.2. The van der Waals surface area contributed by atoms with Crippen LogP contribution in [0.1, 0.15) is 11.3 Å². The maximum atomic E-state index is 12.1. The van der Waals surface area contributed by atoms with E-state index in [4.69, 9.17) is 28.2 Å². The van der Waals surface area contributed by atoms with Crippen LogP contribution in [0, 0.1) is 4.77 Å². The molecule has 0 aliphatic heterocycles. The van der Waals surface area contributed by atoms with Crippen molar-refractivity contribution in [2.45, 2.75) is 6.54 Å². The van der Waals surface area contributed by atoms with E-state index >= 15 is 0 Å². The van der Waals surface area contributed by atoms with Crippen molar-refractivity contribution < 1.29 is 9.52 Å². The minimum atomic E-state index is -0.522. The molecule has 122 valence electrons. The minimum Gasteiger partial charge on any atom is -0.494 e. The van der Waals surface area contributed by atoms with Crippen LogP contribution in [0.25, 0.3) is 5.69 Å². The standard InChI is InChI=1S/C16H12ClN3O3S/c17-10-3-5-11(6-4-10)20-15(22)13(14(21)19-16(20)24)9-18-8-12-2-1-7-23-12/h1-7,9,22H,8H2,(H,19,21,24). The lowest BCUT2D eigenvalue weighted by atomic mass is 10.3. The van der Waals surface area contributed by atoms with Crippen LogP contribution < -0.4 is 5.56 Å². The molecular weight excluding hydrogens is 350 g/mol. The lowest BCUT2D eigenvalue weighted by Crippen LogP contribution is -2.18. The fourth-order valence-corrected chi connectivity index (χ4v) is 2.52. The van der Waals surface area contributed by atoms with Crippen molar-refractivity contribution in [1.29, 1.82) is 0 Å². The Morgan fingerprint density at radius 2 is 2.08 bits per heavy atom. The zero-order valence-corrected chi connectivity index (χ0v) is 13.8. The number of hydrogen-bond acceptors (Lipinski definition) is 5. The van der Waals surface area contributed by atoms with E-state index in [2.05, 4.69) is 9.98 Å². The molecule has 3 aromatic rings. The number of H-pyrrole nitrogens is 1. The average molecular weight is 362 g/mol. The highest BCUT2D eigenvalue weighted by Crippen LogP contribution is 2.20. The number of hydrogen-bond donors (Lipinski definition) is 2. The molecular formula is C16H12ClN3O3S. The van der Waals surface area contributed by atoms with Gasteiger partial charge >= 0.3 is 0 Å². The Balaban J connectivity index is 2.02. The Bertz CT molecular complexity index is 989. The van der Waals surface area contributed by atoms with Gasteiger partial charge in [-0.15, -0.1) is 0 Å². The number of halogens is 1. The van der Waals surface area contributed by atoms with Gasteiger partial charge in [-0.2, -0.15) is 0 Å². The molecule has 0 unspecified atom stereocenters. The number of benzene rings is 1. The van der Waals surface area contributed by atoms with Crippen molar-refractivity contribution in [3.63, 3.8) is 0 Å². The van der Waals surface area contributed by atoms with Gasteiger partial charge in [-0.25, -0.2) is 0 Å². The number of rotatable bonds is 4. The summed E-state index contributed by atoms with van der Waals surface area (Å²) >= 11 is 11.0. The SMILES string of the molecule is O=c1[nH]c(=S)n(-c2ccc(Cl)cc2)c(O)c1C=NCc1ccco1. The summed E-state index contributed by atoms with van der Waals surface area (Å²) in [6.45, 7) is 0.252. The summed E-state index contributed by atoms with van der Waals surface area (Å²) in [6.07, 6.45) is 2.83. The lowest BCUT2D eigenvalue weighted by Gasteiger charge is -2.11. The van der Waals surface area contributed by atoms with Gasteiger partial charge < -0.3 is 9.52 Å². The second kappa shape index (κ2) is 6.86. The highest BCUT2D eigenvalue weighted by Gasteiger charge is 2.12. The van der Waals surface area contributed by atoms with E-state index in [1.807, 2.05) is 0 Å². The fraction of sp³-hybridized carbons (Fsp3) is 0.0625. The second-order valence-corrected chi connectivity index (χ2v) is 5.68. The first-order chi connectivity index (χ1) is 11.6. The van der Waals surface area contributed by atoms with E-state index < -0.39 is 5.56 Å². The van der Waals surface area contributed by atoms with Crippen molar-refractivity contribution in [2.24, 2.45) is 4.99 Å². The highest BCUT2D eigenvalue weighted by atomic mass is 35.5. The molecule has 0 aliphatic rings. The predicted molar refractivity (Wildman–Crippen MR) is 93.9 cm³/mol. The Morgan fingerprint density at radius 3 is 2.75 bits per heavy atom. The van der Waals surface area contributed by atoms with Crippen LogP contribution in [0.5, 0.6) is 5.88 Å². The Labute approximate surface area is 146 Å². The summed E-state index contributed by atoms with van der Waals surface area (Å²) in [4.78, 5) is 18.7. The predicted octanol–water partition coefficient (Wildman–Crippen LogP) is 3.47. The number of aromatic hydroxyl groups is 1. The monoisotopic (exact) mass is 361 g/mol. The summed E-state index contributed by atoms with van der Waals surface area (Å²) in [6, 6.07) is 10.2. The largest absolute Gasteiger partial charge is 0.494 e. The van der Waals surface area contributed by atoms with Crippen LogP contribution in [-0.4, -0.2) is 20.9 Å². The van der Waals surface area contributed by atoms with Gasteiger partial charge in [0, 0.05) is 11.2 Å². The van der Waals surface area contributed by atoms with Gasteiger partial charge in [0.05, 0.1) is 18.5 Å². The van der Waals surface area contributed by atoms with Crippen molar-refractivity contribution in [1.82, 2.24) is 9.55 Å². The molecule has 0 saturated heterocycles. The van der Waals surface area contributed by atoms with Crippen LogP contribution >= 0.6 is 23.8 Å². The Morgan fingerprint density at radius 1 is 1.33 bits per heavy atom. The molecule has 0 saturated carbocycles. The summed E-state index contributed by atoms with van der Waals surface area (Å²) in [5, 5.41) is 11.0. The van der Waals surface area contributed by atoms with Gasteiger partial charge in [-0.1, -0.05) is 11.6 Å². The molecule has 6 nitrogen and oxygen atoms in total. The van der Waals surface area contributed by atoms with E-state index in [-0.39, 0.29) is 22.8 Å². The van der Waals surface area contributed by atoms with E-state index in [1.54, 1.807) is 36.4 Å². The molecule has 2 heterocycles. The zero-order chi connectivity index (χ0) is 17.1. The number of nitrogens with one attached hydrogen (secondary N) is 1. The molecule has 0 atom stereocenters. The first-order valence-electron chi connectivity index (χ1n) is 6.92. The third-order valence-electron chi connectivity index (χ3n) is 3.25. The second-order valence-electron chi connectivity index (χ2n) is 4.86. The van der Waals surface area contributed by atoms with Gasteiger partial charge in [-0.05, 0) is 48.6 Å². The number of aliphatic imine (C=N–C) groups is 1. The molecule has 0 aliphatic carbocycles. The van der Waals surface area contributed by atoms with Crippen LogP contribution in [0.2, 0.25) is 5.02 Å². The molecule has 0 amide bonds. The van der Waals surface area contributed by atoms with Gasteiger partial charge in [-0.3, -0.25) is 19.3 Å². The lowest BCUT2D eigenvalue weighted by molar-refractivity contribution is 0.432. The molecule has 2 N–H and O–H groups in total. The minimum absolute atomic E-state index is 0.00473. The zero-order valence-electron chi connectivity index (χ0n) is 12.3. The van der Waals surface area contributed by atoms with Crippen molar-refractivity contribution in [2.75, 3.05) is 0 Å². The van der Waals surface area contributed by atoms with Gasteiger partial charge in [0.25, 0.3) is 5.56 Å². The number of aromatic nitrogens is 2. The van der Waals surface area contributed by atoms with Crippen molar-refractivity contribution in [3.05, 3.63) is 74.1 Å². The molecule has 0 fully saturated rings. The number of furan rings is 1. The van der Waals surface area contributed by atoms with Crippen LogP contribution in [0.4, 0.5) is 0 Å². The van der Waals surface area contributed by atoms with Crippen molar-refractivity contribution >= 4 is 30.0 Å². The highest BCUT2D eigenvalue weighted by molar-refractivity contribution is 7.71. The molecule has 2 aromatic heterocycles. The van der Waals surface area contributed by atoms with E-state index in [9.17, 15) is 9.90 Å². The third kappa shape index (κ3) is 3.32. The van der Waals surface area contributed by atoms with Crippen LogP contribution in [0.15, 0.2) is 56.9 Å². The molecule has 8 heteroatoms. The maximum absolute atomic E-state index is 12.1. The average Bonchev–Trinajstić information content (AvgIpc) is 3.05. The molecule has 1 aromatic carbocycles. The Hall–Kier alpha value is -2.64. The molecule has 0 spiro atoms. The van der Waals surface area contributed by atoms with E-state index in [0.717, 1.165) is 0 Å². The maximum Gasteiger partial charge on any atom is 0.264 e. The molecule has 24 heavy (non-hydrogen) atoms. The molecule has 0 radical (unpaired) electrons. The molecule has 3 rings (SSSR count). The first-order valence-corrected chi connectivity index (χ1v) is 7.71. The van der Waals surface area contributed by atoms with Crippen LogP contribution in [0.3, 0.4) is 0 Å². The van der Waals surface area contributed by atoms with E-state index in [1.165, 1.54) is 17.0 Å². The van der Waals surface area contributed by atoms with E-state index in [0.29, 0.717) is 16.5 Å². The summed E-state index contributed by atoms with van der Waals surface area (Å²) < 4.78 is 6.57. The smallest absolute Gasteiger partial charge is 0.264 e. The first kappa shape index (κ1) is 16.2. The topological polar surface area (TPSA) is 83.5 Å². The Kier molecular flexibility index (Phi) is 4.64. The number of nitrogens with zero attached hydrogens (tertiary/aromatic N) is 2. The summed E-state index contributed by atoms with van der Waals surface area (Å²) in [5.41, 5.74) is 0.0508. The van der Waals surface area contributed by atoms with Gasteiger partial charge in [0.15, 0.2) is 4.77 Å². The van der Waals surface area contributed by atoms with Crippen LogP contribution in [-0.2, 0) is 6.54 Å². The van der Waals surface area contributed by atoms with Gasteiger partial charge in [0.1, 0.15) is 11.3 Å². The summed E-state index contributed by atoms with van der Waals surface area (Å²) in [7, 11) is 0. The number of aromatic amines is 1.